The summed E-state index contributed by atoms with van der Waals surface area (Å²) in [7, 11) is 0. The number of terminal acetylenes is 1. The van der Waals surface area contributed by atoms with Gasteiger partial charge in [0, 0.05) is 12.4 Å². The van der Waals surface area contributed by atoms with Crippen molar-refractivity contribution >= 4 is 15.9 Å². The summed E-state index contributed by atoms with van der Waals surface area (Å²) in [5.74, 6) is 7.18. The van der Waals surface area contributed by atoms with E-state index in [1.807, 2.05) is 36.3 Å². The topological polar surface area (TPSA) is 66.2 Å². The fourth-order valence-electron chi connectivity index (χ4n) is 0.909. The van der Waals surface area contributed by atoms with E-state index in [9.17, 15) is 0 Å². The zero-order valence-electron chi connectivity index (χ0n) is 11.3. The molecule has 0 saturated carbocycles. The number of hydrogen-bond donors (Lipinski definition) is 2. The SMILES string of the molecule is Brc1ccccn1.C#CCO.OCC#Cc1ccccn1. The minimum Gasteiger partial charge on any atom is -0.384 e. The highest BCUT2D eigenvalue weighted by molar-refractivity contribution is 9.10. The van der Waals surface area contributed by atoms with Crippen molar-refractivity contribution in [3.05, 3.63) is 59.1 Å². The number of nitrogens with zero attached hydrogens (tertiary/aromatic N) is 2. The lowest BCUT2D eigenvalue weighted by molar-refractivity contribution is 0.350. The molecule has 0 saturated heterocycles. The van der Waals surface area contributed by atoms with Gasteiger partial charge < -0.3 is 10.2 Å². The number of rotatable bonds is 0. The molecule has 0 unspecified atom stereocenters. The van der Waals surface area contributed by atoms with Gasteiger partial charge in [-0.05, 0) is 46.1 Å². The molecule has 0 aromatic carbocycles. The maximum atomic E-state index is 8.33. The van der Waals surface area contributed by atoms with Gasteiger partial charge in [0.25, 0.3) is 0 Å². The third-order valence-electron chi connectivity index (χ3n) is 1.68. The Morgan fingerprint density at radius 1 is 1.00 bits per heavy atom. The highest BCUT2D eigenvalue weighted by Crippen LogP contribution is 2.00. The van der Waals surface area contributed by atoms with E-state index in [0.29, 0.717) is 5.69 Å². The van der Waals surface area contributed by atoms with Crippen molar-refractivity contribution in [2.45, 2.75) is 0 Å². The third-order valence-corrected chi connectivity index (χ3v) is 2.15. The average Bonchev–Trinajstić information content (AvgIpc) is 2.55. The van der Waals surface area contributed by atoms with E-state index in [2.05, 4.69) is 44.2 Å². The van der Waals surface area contributed by atoms with Gasteiger partial charge in [0.2, 0.25) is 0 Å². The summed E-state index contributed by atoms with van der Waals surface area (Å²) in [5.41, 5.74) is 0.691. The van der Waals surface area contributed by atoms with Crippen LogP contribution in [0.3, 0.4) is 0 Å². The van der Waals surface area contributed by atoms with Crippen LogP contribution in [0.5, 0.6) is 0 Å². The van der Waals surface area contributed by atoms with E-state index in [4.69, 9.17) is 10.2 Å². The Morgan fingerprint density at radius 2 is 1.62 bits per heavy atom. The van der Waals surface area contributed by atoms with Crippen LogP contribution in [0.4, 0.5) is 0 Å². The van der Waals surface area contributed by atoms with Gasteiger partial charge in [-0.1, -0.05) is 24.0 Å². The Balaban J connectivity index is 0.000000317. The van der Waals surface area contributed by atoms with Crippen LogP contribution in [0.2, 0.25) is 0 Å². The molecule has 0 atom stereocenters. The predicted octanol–water partition coefficient (Wildman–Crippen LogP) is 1.88. The Morgan fingerprint density at radius 3 is 1.95 bits per heavy atom. The summed E-state index contributed by atoms with van der Waals surface area (Å²) < 4.78 is 0.884. The molecular formula is C16H15BrN2O2. The van der Waals surface area contributed by atoms with Gasteiger partial charge in [-0.3, -0.25) is 0 Å². The van der Waals surface area contributed by atoms with E-state index >= 15 is 0 Å². The molecular weight excluding hydrogens is 332 g/mol. The zero-order chi connectivity index (χ0) is 15.8. The van der Waals surface area contributed by atoms with Crippen molar-refractivity contribution in [1.29, 1.82) is 0 Å². The minimum absolute atomic E-state index is 0.115. The molecule has 2 rings (SSSR count). The molecule has 5 heteroatoms. The van der Waals surface area contributed by atoms with Gasteiger partial charge in [0.1, 0.15) is 23.5 Å². The van der Waals surface area contributed by atoms with E-state index in [0.717, 1.165) is 4.60 Å². The number of pyridine rings is 2. The first-order valence-electron chi connectivity index (χ1n) is 5.86. The molecule has 0 fully saturated rings. The summed E-state index contributed by atoms with van der Waals surface area (Å²) >= 11 is 3.20. The van der Waals surface area contributed by atoms with Crippen molar-refractivity contribution in [2.24, 2.45) is 0 Å². The second-order valence-corrected chi connectivity index (χ2v) is 4.00. The van der Waals surface area contributed by atoms with E-state index in [1.54, 1.807) is 18.5 Å². The lowest BCUT2D eigenvalue weighted by Crippen LogP contribution is -1.79. The first-order valence-corrected chi connectivity index (χ1v) is 6.65. The molecule has 2 aromatic rings. The Bertz CT molecular complexity index is 572. The average molecular weight is 347 g/mol. The molecule has 0 aliphatic carbocycles. The number of aliphatic hydroxyl groups is 2. The number of hydrogen-bond acceptors (Lipinski definition) is 4. The summed E-state index contributed by atoms with van der Waals surface area (Å²) in [4.78, 5) is 7.83. The molecule has 0 aliphatic heterocycles. The molecule has 0 bridgehead atoms. The van der Waals surface area contributed by atoms with E-state index in [1.165, 1.54) is 0 Å². The predicted molar refractivity (Wildman–Crippen MR) is 86.1 cm³/mol. The van der Waals surface area contributed by atoms with Crippen molar-refractivity contribution in [1.82, 2.24) is 9.97 Å². The maximum Gasteiger partial charge on any atom is 0.113 e. The highest BCUT2D eigenvalue weighted by Gasteiger charge is 1.80. The normalized spacial score (nSPS) is 7.71. The summed E-state index contributed by atoms with van der Waals surface area (Å²) in [6.07, 6.45) is 7.94. The Kier molecular flexibility index (Phi) is 12.8. The minimum atomic E-state index is -0.153. The van der Waals surface area contributed by atoms with Crippen LogP contribution in [-0.4, -0.2) is 33.4 Å². The highest BCUT2D eigenvalue weighted by atomic mass is 79.9. The van der Waals surface area contributed by atoms with Gasteiger partial charge in [-0.2, -0.15) is 0 Å². The molecule has 4 nitrogen and oxygen atoms in total. The number of aliphatic hydroxyl groups excluding tert-OH is 2. The van der Waals surface area contributed by atoms with Crippen LogP contribution in [0.15, 0.2) is 53.4 Å². The summed E-state index contributed by atoms with van der Waals surface area (Å²) in [5, 5.41) is 16.0. The Labute approximate surface area is 133 Å². The van der Waals surface area contributed by atoms with Crippen molar-refractivity contribution in [3.8, 4) is 24.2 Å². The molecule has 21 heavy (non-hydrogen) atoms. The third kappa shape index (κ3) is 12.6. The molecule has 0 amide bonds. The van der Waals surface area contributed by atoms with Crippen LogP contribution in [0, 0.1) is 24.2 Å². The second kappa shape index (κ2) is 14.2. The van der Waals surface area contributed by atoms with E-state index in [-0.39, 0.29) is 13.2 Å². The maximum absolute atomic E-state index is 8.33. The first kappa shape index (κ1) is 18.8. The van der Waals surface area contributed by atoms with E-state index < -0.39 is 0 Å². The molecule has 0 aliphatic rings. The number of halogens is 1. The van der Waals surface area contributed by atoms with Gasteiger partial charge in [0.15, 0.2) is 0 Å². The van der Waals surface area contributed by atoms with Crippen molar-refractivity contribution in [3.63, 3.8) is 0 Å². The van der Waals surface area contributed by atoms with Crippen LogP contribution in [0.1, 0.15) is 5.69 Å². The van der Waals surface area contributed by atoms with Gasteiger partial charge in [0.05, 0.1) is 0 Å². The lowest BCUT2D eigenvalue weighted by Gasteiger charge is -1.83. The van der Waals surface area contributed by atoms with Crippen LogP contribution in [0.25, 0.3) is 0 Å². The largest absolute Gasteiger partial charge is 0.384 e. The molecule has 2 aromatic heterocycles. The quantitative estimate of drug-likeness (QED) is 0.564. The van der Waals surface area contributed by atoms with Crippen LogP contribution in [-0.2, 0) is 0 Å². The molecule has 108 valence electrons. The lowest BCUT2D eigenvalue weighted by atomic mass is 10.3. The summed E-state index contributed by atoms with van der Waals surface area (Å²) in [6.45, 7) is -0.267. The monoisotopic (exact) mass is 346 g/mol. The van der Waals surface area contributed by atoms with Gasteiger partial charge in [-0.25, -0.2) is 9.97 Å². The van der Waals surface area contributed by atoms with Crippen LogP contribution < -0.4 is 0 Å². The molecule has 0 spiro atoms. The first-order chi connectivity index (χ1) is 10.2. The molecule has 0 radical (unpaired) electrons. The van der Waals surface area contributed by atoms with Crippen LogP contribution >= 0.6 is 15.9 Å². The van der Waals surface area contributed by atoms with Gasteiger partial charge in [-0.15, -0.1) is 6.42 Å². The second-order valence-electron chi connectivity index (χ2n) is 3.19. The fraction of sp³-hybridized carbons (Fsp3) is 0.125. The Hall–Kier alpha value is -2.18. The standard InChI is InChI=1S/C8H7NO.C5H4BrN.C3H4O/c10-7-3-5-8-4-1-2-6-9-8;6-5-3-1-2-4-7-5;1-2-3-4/h1-2,4,6,10H,7H2;1-4H;1,4H,3H2. The molecule has 2 heterocycles. The van der Waals surface area contributed by atoms with Gasteiger partial charge >= 0.3 is 0 Å². The zero-order valence-corrected chi connectivity index (χ0v) is 12.9. The molecule has 2 N–H and O–H groups in total. The summed E-state index contributed by atoms with van der Waals surface area (Å²) in [6, 6.07) is 11.2. The smallest absolute Gasteiger partial charge is 0.113 e. The fourth-order valence-corrected chi connectivity index (χ4v) is 1.18. The van der Waals surface area contributed by atoms with Crippen molar-refractivity contribution in [2.75, 3.05) is 13.2 Å². The number of aromatic nitrogens is 2. The van der Waals surface area contributed by atoms with Crippen molar-refractivity contribution < 1.29 is 10.2 Å².